The molecule has 1 atom stereocenters. The summed E-state index contributed by atoms with van der Waals surface area (Å²) in [4.78, 5) is 16.7. The van der Waals surface area contributed by atoms with Crippen LogP contribution < -0.4 is 4.90 Å². The number of amides is 1. The summed E-state index contributed by atoms with van der Waals surface area (Å²) in [5, 5.41) is 8.51. The molecule has 0 aromatic carbocycles. The maximum absolute atomic E-state index is 12.5. The van der Waals surface area contributed by atoms with Crippen LogP contribution in [0.3, 0.4) is 0 Å². The first-order chi connectivity index (χ1) is 10.7. The van der Waals surface area contributed by atoms with E-state index in [1.165, 1.54) is 32.1 Å². The van der Waals surface area contributed by atoms with E-state index in [0.29, 0.717) is 11.6 Å². The zero-order valence-electron chi connectivity index (χ0n) is 13.5. The van der Waals surface area contributed by atoms with E-state index >= 15 is 0 Å². The SMILES string of the molecule is CC1CCCN(C(=O)c2ccc(N3CCCCCC3)nn2)C1. The Bertz CT molecular complexity index is 494. The molecule has 0 aliphatic carbocycles. The Labute approximate surface area is 132 Å². The molecule has 0 radical (unpaired) electrons. The van der Waals surface area contributed by atoms with Crippen molar-refractivity contribution >= 4 is 11.7 Å². The molecule has 1 aromatic rings. The fourth-order valence-electron chi connectivity index (χ4n) is 3.44. The smallest absolute Gasteiger partial charge is 0.274 e. The molecule has 2 saturated heterocycles. The van der Waals surface area contributed by atoms with Crippen LogP contribution in [0.25, 0.3) is 0 Å². The number of piperidine rings is 1. The van der Waals surface area contributed by atoms with E-state index in [-0.39, 0.29) is 5.91 Å². The molecule has 0 spiro atoms. The van der Waals surface area contributed by atoms with Crippen LogP contribution in [0, 0.1) is 5.92 Å². The van der Waals surface area contributed by atoms with Crippen molar-refractivity contribution in [3.63, 3.8) is 0 Å². The lowest BCUT2D eigenvalue weighted by Gasteiger charge is -2.30. The maximum atomic E-state index is 12.5. The lowest BCUT2D eigenvalue weighted by molar-refractivity contribution is 0.0676. The Balaban J connectivity index is 1.66. The zero-order chi connectivity index (χ0) is 15.4. The van der Waals surface area contributed by atoms with Crippen LogP contribution in [0.15, 0.2) is 12.1 Å². The second kappa shape index (κ2) is 7.07. The fourth-order valence-corrected chi connectivity index (χ4v) is 3.44. The highest BCUT2D eigenvalue weighted by atomic mass is 16.2. The molecule has 0 N–H and O–H groups in total. The molecular formula is C17H26N4O. The van der Waals surface area contributed by atoms with E-state index in [9.17, 15) is 4.79 Å². The summed E-state index contributed by atoms with van der Waals surface area (Å²) in [6, 6.07) is 3.80. The van der Waals surface area contributed by atoms with Gasteiger partial charge in [0.2, 0.25) is 0 Å². The van der Waals surface area contributed by atoms with Crippen LogP contribution in [0.2, 0.25) is 0 Å². The van der Waals surface area contributed by atoms with Gasteiger partial charge in [0.15, 0.2) is 11.5 Å². The summed E-state index contributed by atoms with van der Waals surface area (Å²) in [5.41, 5.74) is 0.479. The topological polar surface area (TPSA) is 49.3 Å². The third kappa shape index (κ3) is 3.57. The molecule has 5 heteroatoms. The minimum absolute atomic E-state index is 0.0291. The normalized spacial score (nSPS) is 23.2. The van der Waals surface area contributed by atoms with Gasteiger partial charge < -0.3 is 9.80 Å². The van der Waals surface area contributed by atoms with Gasteiger partial charge in [-0.15, -0.1) is 10.2 Å². The van der Waals surface area contributed by atoms with Crippen molar-refractivity contribution in [2.45, 2.75) is 45.4 Å². The van der Waals surface area contributed by atoms with Crippen molar-refractivity contribution < 1.29 is 4.79 Å². The number of anilines is 1. The maximum Gasteiger partial charge on any atom is 0.274 e. The Morgan fingerprint density at radius 3 is 2.45 bits per heavy atom. The van der Waals surface area contributed by atoms with Crippen molar-refractivity contribution in [3.05, 3.63) is 17.8 Å². The first-order valence-electron chi connectivity index (χ1n) is 8.62. The molecule has 3 heterocycles. The van der Waals surface area contributed by atoms with Gasteiger partial charge in [-0.05, 0) is 43.7 Å². The molecule has 1 unspecified atom stereocenters. The van der Waals surface area contributed by atoms with E-state index in [0.717, 1.165) is 38.4 Å². The Morgan fingerprint density at radius 2 is 1.82 bits per heavy atom. The van der Waals surface area contributed by atoms with Gasteiger partial charge >= 0.3 is 0 Å². The van der Waals surface area contributed by atoms with Gasteiger partial charge in [0, 0.05) is 26.2 Å². The van der Waals surface area contributed by atoms with Crippen molar-refractivity contribution in [2.24, 2.45) is 5.92 Å². The molecule has 2 aliphatic heterocycles. The minimum atomic E-state index is 0.0291. The van der Waals surface area contributed by atoms with Gasteiger partial charge in [-0.3, -0.25) is 4.79 Å². The molecule has 5 nitrogen and oxygen atoms in total. The lowest BCUT2D eigenvalue weighted by atomic mass is 10.00. The number of carbonyl (C=O) groups excluding carboxylic acids is 1. The largest absolute Gasteiger partial charge is 0.355 e. The van der Waals surface area contributed by atoms with Crippen molar-refractivity contribution in [1.82, 2.24) is 15.1 Å². The van der Waals surface area contributed by atoms with E-state index in [2.05, 4.69) is 22.0 Å². The number of carbonyl (C=O) groups is 1. The van der Waals surface area contributed by atoms with Crippen LogP contribution in [0.1, 0.15) is 55.9 Å². The molecule has 3 rings (SSSR count). The highest BCUT2D eigenvalue weighted by molar-refractivity contribution is 5.92. The summed E-state index contributed by atoms with van der Waals surface area (Å²) >= 11 is 0. The predicted molar refractivity (Wildman–Crippen MR) is 87.0 cm³/mol. The third-order valence-electron chi connectivity index (χ3n) is 4.74. The number of hydrogen-bond acceptors (Lipinski definition) is 4. The average molecular weight is 302 g/mol. The van der Waals surface area contributed by atoms with Crippen LogP contribution in [0.4, 0.5) is 5.82 Å². The molecule has 22 heavy (non-hydrogen) atoms. The number of aromatic nitrogens is 2. The summed E-state index contributed by atoms with van der Waals surface area (Å²) in [5.74, 6) is 1.52. The predicted octanol–water partition coefficient (Wildman–Crippen LogP) is 2.73. The van der Waals surface area contributed by atoms with Gasteiger partial charge in [0.05, 0.1) is 0 Å². The second-order valence-electron chi connectivity index (χ2n) is 6.68. The van der Waals surface area contributed by atoms with Gasteiger partial charge in [-0.2, -0.15) is 0 Å². The second-order valence-corrected chi connectivity index (χ2v) is 6.68. The first-order valence-corrected chi connectivity index (χ1v) is 8.62. The highest BCUT2D eigenvalue weighted by Crippen LogP contribution is 2.19. The molecule has 2 aliphatic rings. The molecule has 0 saturated carbocycles. The van der Waals surface area contributed by atoms with Crippen LogP contribution >= 0.6 is 0 Å². The summed E-state index contributed by atoms with van der Waals surface area (Å²) < 4.78 is 0. The van der Waals surface area contributed by atoms with E-state index in [1.807, 2.05) is 17.0 Å². The Morgan fingerprint density at radius 1 is 1.05 bits per heavy atom. The summed E-state index contributed by atoms with van der Waals surface area (Å²) in [7, 11) is 0. The zero-order valence-corrected chi connectivity index (χ0v) is 13.5. The van der Waals surface area contributed by atoms with E-state index in [1.54, 1.807) is 0 Å². The van der Waals surface area contributed by atoms with Gasteiger partial charge in [-0.25, -0.2) is 0 Å². The monoisotopic (exact) mass is 302 g/mol. The van der Waals surface area contributed by atoms with E-state index in [4.69, 9.17) is 0 Å². The molecule has 2 fully saturated rings. The molecule has 0 bridgehead atoms. The quantitative estimate of drug-likeness (QED) is 0.843. The van der Waals surface area contributed by atoms with Crippen molar-refractivity contribution in [1.29, 1.82) is 0 Å². The molecule has 1 amide bonds. The Kier molecular flexibility index (Phi) is 4.90. The van der Waals surface area contributed by atoms with Gasteiger partial charge in [0.1, 0.15) is 0 Å². The number of likely N-dealkylation sites (tertiary alicyclic amines) is 1. The van der Waals surface area contributed by atoms with Crippen molar-refractivity contribution in [3.8, 4) is 0 Å². The lowest BCUT2D eigenvalue weighted by Crippen LogP contribution is -2.39. The van der Waals surface area contributed by atoms with Crippen LogP contribution in [-0.2, 0) is 0 Å². The van der Waals surface area contributed by atoms with E-state index < -0.39 is 0 Å². The van der Waals surface area contributed by atoms with Crippen LogP contribution in [0.5, 0.6) is 0 Å². The summed E-state index contributed by atoms with van der Waals surface area (Å²) in [6.45, 7) is 5.98. The average Bonchev–Trinajstić information content (AvgIpc) is 2.84. The standard InChI is InChI=1S/C17H26N4O/c1-14-7-6-12-21(13-14)17(22)15-8-9-16(19-18-15)20-10-4-2-3-5-11-20/h8-9,14H,2-7,10-13H2,1H3. The molecule has 1 aromatic heterocycles. The van der Waals surface area contributed by atoms with Crippen LogP contribution in [-0.4, -0.2) is 47.2 Å². The number of rotatable bonds is 2. The summed E-state index contributed by atoms with van der Waals surface area (Å²) in [6.07, 6.45) is 7.33. The molecular weight excluding hydrogens is 276 g/mol. The van der Waals surface area contributed by atoms with Gasteiger partial charge in [-0.1, -0.05) is 19.8 Å². The van der Waals surface area contributed by atoms with Crippen molar-refractivity contribution in [2.75, 3.05) is 31.1 Å². The highest BCUT2D eigenvalue weighted by Gasteiger charge is 2.23. The van der Waals surface area contributed by atoms with Gasteiger partial charge in [0.25, 0.3) is 5.91 Å². The first kappa shape index (κ1) is 15.3. The number of nitrogens with zero attached hydrogens (tertiary/aromatic N) is 4. The third-order valence-corrected chi connectivity index (χ3v) is 4.74. The minimum Gasteiger partial charge on any atom is -0.355 e. The Hall–Kier alpha value is -1.65. The molecule has 120 valence electrons. The fraction of sp³-hybridized carbons (Fsp3) is 0.706. The number of hydrogen-bond donors (Lipinski definition) is 0.